The first-order valence-corrected chi connectivity index (χ1v) is 6.53. The monoisotopic (exact) mass is 268 g/mol. The van der Waals surface area contributed by atoms with Crippen LogP contribution in [0.5, 0.6) is 0 Å². The molecule has 1 heterocycles. The third-order valence-corrected chi connectivity index (χ3v) is 3.69. The molecule has 0 bridgehead atoms. The predicted octanol–water partition coefficient (Wildman–Crippen LogP) is 3.82. The van der Waals surface area contributed by atoms with E-state index in [0.29, 0.717) is 16.7 Å². The average molecular weight is 269 g/mol. The summed E-state index contributed by atoms with van der Waals surface area (Å²) < 4.78 is 5.50. The van der Waals surface area contributed by atoms with Gasteiger partial charge in [-0.05, 0) is 32.0 Å². The number of halogens is 1. The largest absolute Gasteiger partial charge is 0.445 e. The van der Waals surface area contributed by atoms with Crippen molar-refractivity contribution in [3.05, 3.63) is 40.6 Å². The second kappa shape index (κ2) is 5.02. The Labute approximate surface area is 109 Å². The third-order valence-electron chi connectivity index (χ3n) is 2.40. The summed E-state index contributed by atoms with van der Waals surface area (Å²) in [6.45, 7) is 3.84. The van der Waals surface area contributed by atoms with Gasteiger partial charge in [-0.1, -0.05) is 11.6 Å². The Morgan fingerprint density at radius 2 is 2.18 bits per heavy atom. The van der Waals surface area contributed by atoms with E-state index in [1.165, 1.54) is 0 Å². The molecule has 0 aliphatic carbocycles. The first-order chi connectivity index (χ1) is 8.06. The van der Waals surface area contributed by atoms with Gasteiger partial charge in [-0.2, -0.15) is 0 Å². The van der Waals surface area contributed by atoms with Crippen LogP contribution in [0.25, 0.3) is 0 Å². The van der Waals surface area contributed by atoms with E-state index in [-0.39, 0.29) is 0 Å². The molecule has 2 rings (SSSR count). The fourth-order valence-electron chi connectivity index (χ4n) is 1.37. The SMILES string of the molecule is Cc1nc(CSc2cc(Cl)ccc2N)oc1C. The molecule has 0 aliphatic rings. The van der Waals surface area contributed by atoms with Gasteiger partial charge in [-0.3, -0.25) is 0 Å². The van der Waals surface area contributed by atoms with Gasteiger partial charge < -0.3 is 10.2 Å². The molecule has 1 aromatic heterocycles. The minimum Gasteiger partial charge on any atom is -0.445 e. The summed E-state index contributed by atoms with van der Waals surface area (Å²) >= 11 is 7.49. The number of benzene rings is 1. The number of aromatic nitrogens is 1. The van der Waals surface area contributed by atoms with Crippen LogP contribution < -0.4 is 5.73 Å². The van der Waals surface area contributed by atoms with Crippen molar-refractivity contribution in [1.29, 1.82) is 0 Å². The van der Waals surface area contributed by atoms with Gasteiger partial charge >= 0.3 is 0 Å². The van der Waals surface area contributed by atoms with E-state index in [1.54, 1.807) is 23.9 Å². The van der Waals surface area contributed by atoms with Crippen molar-refractivity contribution in [2.24, 2.45) is 0 Å². The zero-order valence-electron chi connectivity index (χ0n) is 9.66. The second-order valence-electron chi connectivity index (χ2n) is 3.72. The number of thioether (sulfide) groups is 1. The van der Waals surface area contributed by atoms with Crippen LogP contribution >= 0.6 is 23.4 Å². The van der Waals surface area contributed by atoms with E-state index in [9.17, 15) is 0 Å². The maximum absolute atomic E-state index is 5.92. The Hall–Kier alpha value is -1.13. The van der Waals surface area contributed by atoms with Crippen LogP contribution in [-0.2, 0) is 5.75 Å². The van der Waals surface area contributed by atoms with Gasteiger partial charge in [0.2, 0.25) is 5.89 Å². The molecular weight excluding hydrogens is 256 g/mol. The highest BCUT2D eigenvalue weighted by Gasteiger charge is 2.07. The number of nitrogens with two attached hydrogens (primary N) is 1. The molecule has 5 heteroatoms. The molecule has 0 amide bonds. The normalized spacial score (nSPS) is 10.8. The molecule has 0 atom stereocenters. The summed E-state index contributed by atoms with van der Waals surface area (Å²) in [5.41, 5.74) is 7.51. The van der Waals surface area contributed by atoms with E-state index in [1.807, 2.05) is 19.9 Å². The topological polar surface area (TPSA) is 52.0 Å². The number of hydrogen-bond donors (Lipinski definition) is 1. The quantitative estimate of drug-likeness (QED) is 0.679. The standard InChI is InChI=1S/C12H13ClN2OS/c1-7-8(2)16-12(15-7)6-17-11-5-9(13)3-4-10(11)14/h3-5H,6,14H2,1-2H3. The van der Waals surface area contributed by atoms with Gasteiger partial charge in [-0.15, -0.1) is 11.8 Å². The average Bonchev–Trinajstić information content (AvgIpc) is 2.60. The highest BCUT2D eigenvalue weighted by atomic mass is 35.5. The number of rotatable bonds is 3. The molecule has 90 valence electrons. The lowest BCUT2D eigenvalue weighted by molar-refractivity contribution is 0.489. The highest BCUT2D eigenvalue weighted by Crippen LogP contribution is 2.30. The fraction of sp³-hybridized carbons (Fsp3) is 0.250. The molecule has 1 aromatic carbocycles. The minimum absolute atomic E-state index is 0.652. The fourth-order valence-corrected chi connectivity index (χ4v) is 2.46. The van der Waals surface area contributed by atoms with Crippen LogP contribution in [-0.4, -0.2) is 4.98 Å². The number of hydrogen-bond acceptors (Lipinski definition) is 4. The Kier molecular flexibility index (Phi) is 3.64. The molecule has 2 N–H and O–H groups in total. The summed E-state index contributed by atoms with van der Waals surface area (Å²) in [4.78, 5) is 5.27. The zero-order chi connectivity index (χ0) is 12.4. The van der Waals surface area contributed by atoms with Gasteiger partial charge in [0.25, 0.3) is 0 Å². The summed E-state index contributed by atoms with van der Waals surface area (Å²) in [5, 5.41) is 0.682. The van der Waals surface area contributed by atoms with Crippen molar-refractivity contribution >= 4 is 29.1 Å². The lowest BCUT2D eigenvalue weighted by Gasteiger charge is -2.03. The minimum atomic E-state index is 0.652. The van der Waals surface area contributed by atoms with Gasteiger partial charge in [0.15, 0.2) is 0 Å². The van der Waals surface area contributed by atoms with E-state index in [2.05, 4.69) is 4.98 Å². The summed E-state index contributed by atoms with van der Waals surface area (Å²) in [5.74, 6) is 2.23. The molecule has 2 aromatic rings. The van der Waals surface area contributed by atoms with E-state index >= 15 is 0 Å². The molecule has 3 nitrogen and oxygen atoms in total. The molecule has 0 radical (unpaired) electrons. The van der Waals surface area contributed by atoms with Crippen molar-refractivity contribution < 1.29 is 4.42 Å². The Bertz CT molecular complexity index is 520. The lowest BCUT2D eigenvalue weighted by atomic mass is 10.3. The van der Waals surface area contributed by atoms with Gasteiger partial charge in [-0.25, -0.2) is 4.98 Å². The van der Waals surface area contributed by atoms with E-state index in [0.717, 1.165) is 22.0 Å². The zero-order valence-corrected chi connectivity index (χ0v) is 11.2. The van der Waals surface area contributed by atoms with Crippen molar-refractivity contribution in [3.63, 3.8) is 0 Å². The number of anilines is 1. The van der Waals surface area contributed by atoms with Crippen molar-refractivity contribution in [3.8, 4) is 0 Å². The molecule has 0 aliphatic heterocycles. The highest BCUT2D eigenvalue weighted by molar-refractivity contribution is 7.98. The van der Waals surface area contributed by atoms with Crippen LogP contribution in [0.3, 0.4) is 0 Å². The molecule has 0 saturated carbocycles. The summed E-state index contributed by atoms with van der Waals surface area (Å²) in [6.07, 6.45) is 0. The number of nitrogens with zero attached hydrogens (tertiary/aromatic N) is 1. The molecule has 0 unspecified atom stereocenters. The van der Waals surface area contributed by atoms with Crippen molar-refractivity contribution in [2.45, 2.75) is 24.5 Å². The van der Waals surface area contributed by atoms with Crippen molar-refractivity contribution in [2.75, 3.05) is 5.73 Å². The Morgan fingerprint density at radius 1 is 1.41 bits per heavy atom. The van der Waals surface area contributed by atoms with Crippen LogP contribution in [0.2, 0.25) is 5.02 Å². The number of aryl methyl sites for hydroxylation is 2. The van der Waals surface area contributed by atoms with Crippen LogP contribution in [0, 0.1) is 13.8 Å². The van der Waals surface area contributed by atoms with Gasteiger partial charge in [0.1, 0.15) is 5.76 Å². The summed E-state index contributed by atoms with van der Waals surface area (Å²) in [6, 6.07) is 5.43. The molecular formula is C12H13ClN2OS. The molecule has 0 spiro atoms. The molecule has 0 fully saturated rings. The lowest BCUT2D eigenvalue weighted by Crippen LogP contribution is -1.89. The smallest absolute Gasteiger partial charge is 0.204 e. The third kappa shape index (κ3) is 2.96. The van der Waals surface area contributed by atoms with E-state index < -0.39 is 0 Å². The number of oxazole rings is 1. The van der Waals surface area contributed by atoms with Gasteiger partial charge in [0, 0.05) is 15.6 Å². The Balaban J connectivity index is 2.09. The first kappa shape index (κ1) is 12.3. The Morgan fingerprint density at radius 3 is 2.82 bits per heavy atom. The maximum atomic E-state index is 5.92. The summed E-state index contributed by atoms with van der Waals surface area (Å²) in [7, 11) is 0. The van der Waals surface area contributed by atoms with Crippen LogP contribution in [0.1, 0.15) is 17.3 Å². The molecule has 17 heavy (non-hydrogen) atoms. The first-order valence-electron chi connectivity index (χ1n) is 5.17. The van der Waals surface area contributed by atoms with Gasteiger partial charge in [0.05, 0.1) is 11.4 Å². The molecule has 0 saturated heterocycles. The predicted molar refractivity (Wildman–Crippen MR) is 71.4 cm³/mol. The van der Waals surface area contributed by atoms with Crippen LogP contribution in [0.15, 0.2) is 27.5 Å². The van der Waals surface area contributed by atoms with Crippen molar-refractivity contribution in [1.82, 2.24) is 4.98 Å². The van der Waals surface area contributed by atoms with E-state index in [4.69, 9.17) is 21.8 Å². The van der Waals surface area contributed by atoms with Crippen LogP contribution in [0.4, 0.5) is 5.69 Å². The number of nitrogen functional groups attached to an aromatic ring is 1. The maximum Gasteiger partial charge on any atom is 0.204 e. The second-order valence-corrected chi connectivity index (χ2v) is 5.17.